The maximum absolute atomic E-state index is 8.83. The normalized spacial score (nSPS) is 10.3. The van der Waals surface area contributed by atoms with E-state index in [9.17, 15) is 0 Å². The van der Waals surface area contributed by atoms with Crippen molar-refractivity contribution in [1.29, 1.82) is 5.26 Å². The molecule has 2 aromatic carbocycles. The van der Waals surface area contributed by atoms with E-state index in [4.69, 9.17) is 10.00 Å². The summed E-state index contributed by atoms with van der Waals surface area (Å²) >= 11 is 1.59. The third-order valence-corrected chi connectivity index (χ3v) is 4.31. The Morgan fingerprint density at radius 1 is 1.22 bits per heavy atom. The molecule has 0 aliphatic rings. The van der Waals surface area contributed by atoms with Gasteiger partial charge in [-0.1, -0.05) is 30.0 Å². The molecule has 0 amide bonds. The van der Waals surface area contributed by atoms with Gasteiger partial charge in [0.2, 0.25) is 0 Å². The molecule has 5 nitrogen and oxygen atoms in total. The number of methoxy groups -OCH3 is 1. The summed E-state index contributed by atoms with van der Waals surface area (Å²) in [4.78, 5) is 0. The summed E-state index contributed by atoms with van der Waals surface area (Å²) in [5.41, 5.74) is 2.75. The number of rotatable bonds is 5. The maximum atomic E-state index is 8.83. The molecule has 0 saturated carbocycles. The molecule has 0 fully saturated rings. The van der Waals surface area contributed by atoms with Gasteiger partial charge in [-0.2, -0.15) is 5.26 Å². The van der Waals surface area contributed by atoms with Crippen molar-refractivity contribution in [2.75, 3.05) is 7.11 Å². The molecule has 0 unspecified atom stereocenters. The molecule has 0 N–H and O–H groups in total. The Balaban J connectivity index is 1.76. The molecule has 1 aromatic heterocycles. The van der Waals surface area contributed by atoms with E-state index in [1.165, 1.54) is 0 Å². The molecule has 1 heterocycles. The van der Waals surface area contributed by atoms with Crippen molar-refractivity contribution in [3.63, 3.8) is 0 Å². The molecule has 0 aliphatic carbocycles. The summed E-state index contributed by atoms with van der Waals surface area (Å²) in [6, 6.07) is 17.4. The van der Waals surface area contributed by atoms with Gasteiger partial charge in [0, 0.05) is 11.8 Å². The Hall–Kier alpha value is -2.78. The molecule has 3 aromatic rings. The van der Waals surface area contributed by atoms with Crippen LogP contribution in [-0.2, 0) is 5.75 Å². The fourth-order valence-corrected chi connectivity index (χ4v) is 2.97. The van der Waals surface area contributed by atoms with Gasteiger partial charge in [0.05, 0.1) is 24.4 Å². The van der Waals surface area contributed by atoms with E-state index in [0.29, 0.717) is 5.56 Å². The van der Waals surface area contributed by atoms with Crippen LogP contribution in [0.25, 0.3) is 5.69 Å². The number of nitriles is 1. The number of benzene rings is 2. The lowest BCUT2D eigenvalue weighted by atomic mass is 10.2. The summed E-state index contributed by atoms with van der Waals surface area (Å²) in [5, 5.41) is 17.8. The first-order valence-corrected chi connectivity index (χ1v) is 7.95. The predicted octanol–water partition coefficient (Wildman–Crippen LogP) is 3.44. The minimum Gasteiger partial charge on any atom is -0.497 e. The van der Waals surface area contributed by atoms with Crippen molar-refractivity contribution in [1.82, 2.24) is 14.8 Å². The van der Waals surface area contributed by atoms with E-state index < -0.39 is 0 Å². The van der Waals surface area contributed by atoms with Crippen molar-refractivity contribution in [2.24, 2.45) is 0 Å². The first kappa shape index (κ1) is 15.1. The van der Waals surface area contributed by atoms with E-state index in [2.05, 4.69) is 16.3 Å². The number of nitrogens with zero attached hydrogens (tertiary/aromatic N) is 4. The van der Waals surface area contributed by atoms with Crippen LogP contribution in [0.1, 0.15) is 11.1 Å². The highest BCUT2D eigenvalue weighted by atomic mass is 32.2. The van der Waals surface area contributed by atoms with Crippen molar-refractivity contribution in [3.05, 3.63) is 66.0 Å². The molecule has 3 rings (SSSR count). The first-order valence-electron chi connectivity index (χ1n) is 6.96. The van der Waals surface area contributed by atoms with Gasteiger partial charge in [-0.15, -0.1) is 10.2 Å². The standard InChI is InChI=1S/C17H14N4OS/c1-22-16-4-2-3-15(9-16)21-12-19-20-17(21)23-11-14-7-5-13(10-18)6-8-14/h2-9,12H,11H2,1H3. The summed E-state index contributed by atoms with van der Waals surface area (Å²) in [6.07, 6.45) is 1.69. The second kappa shape index (κ2) is 6.99. The van der Waals surface area contributed by atoms with Gasteiger partial charge < -0.3 is 4.74 Å². The van der Waals surface area contributed by atoms with Crippen molar-refractivity contribution in [2.45, 2.75) is 10.9 Å². The van der Waals surface area contributed by atoms with E-state index in [1.807, 2.05) is 53.1 Å². The quantitative estimate of drug-likeness (QED) is 0.673. The molecule has 0 bridgehead atoms. The molecular weight excluding hydrogens is 308 g/mol. The van der Waals surface area contributed by atoms with Crippen LogP contribution in [0.4, 0.5) is 0 Å². The Morgan fingerprint density at radius 2 is 2.04 bits per heavy atom. The molecule has 114 valence electrons. The predicted molar refractivity (Wildman–Crippen MR) is 88.6 cm³/mol. The minimum atomic E-state index is 0.665. The van der Waals surface area contributed by atoms with Gasteiger partial charge in [0.15, 0.2) is 5.16 Å². The second-order valence-electron chi connectivity index (χ2n) is 4.78. The Morgan fingerprint density at radius 3 is 2.78 bits per heavy atom. The molecule has 23 heavy (non-hydrogen) atoms. The Kier molecular flexibility index (Phi) is 4.60. The van der Waals surface area contributed by atoms with Gasteiger partial charge in [0.25, 0.3) is 0 Å². The smallest absolute Gasteiger partial charge is 0.195 e. The number of aromatic nitrogens is 3. The SMILES string of the molecule is COc1cccc(-n2cnnc2SCc2ccc(C#N)cc2)c1. The van der Waals surface area contributed by atoms with E-state index in [0.717, 1.165) is 27.9 Å². The van der Waals surface area contributed by atoms with Crippen LogP contribution in [0.2, 0.25) is 0 Å². The van der Waals surface area contributed by atoms with E-state index in [-0.39, 0.29) is 0 Å². The monoisotopic (exact) mass is 322 g/mol. The number of hydrogen-bond acceptors (Lipinski definition) is 5. The van der Waals surface area contributed by atoms with Crippen LogP contribution in [0.15, 0.2) is 60.0 Å². The summed E-state index contributed by atoms with van der Waals surface area (Å²) in [7, 11) is 1.64. The summed E-state index contributed by atoms with van der Waals surface area (Å²) in [6.45, 7) is 0. The van der Waals surface area contributed by atoms with Crippen molar-refractivity contribution in [3.8, 4) is 17.5 Å². The van der Waals surface area contributed by atoms with Crippen molar-refractivity contribution >= 4 is 11.8 Å². The Bertz CT molecular complexity index is 836. The fraction of sp³-hybridized carbons (Fsp3) is 0.118. The van der Waals surface area contributed by atoms with Crippen LogP contribution in [-0.4, -0.2) is 21.9 Å². The molecule has 0 aliphatic heterocycles. The number of hydrogen-bond donors (Lipinski definition) is 0. The highest BCUT2D eigenvalue weighted by Gasteiger charge is 2.08. The van der Waals surface area contributed by atoms with Gasteiger partial charge in [0.1, 0.15) is 12.1 Å². The van der Waals surface area contributed by atoms with Crippen LogP contribution < -0.4 is 4.74 Å². The van der Waals surface area contributed by atoms with Crippen LogP contribution in [0.5, 0.6) is 5.75 Å². The zero-order valence-electron chi connectivity index (χ0n) is 12.5. The van der Waals surface area contributed by atoms with E-state index >= 15 is 0 Å². The highest BCUT2D eigenvalue weighted by Crippen LogP contribution is 2.25. The van der Waals surface area contributed by atoms with Gasteiger partial charge >= 0.3 is 0 Å². The second-order valence-corrected chi connectivity index (χ2v) is 5.72. The average Bonchev–Trinajstić information content (AvgIpc) is 3.09. The van der Waals surface area contributed by atoms with Crippen LogP contribution in [0.3, 0.4) is 0 Å². The zero-order chi connectivity index (χ0) is 16.1. The lowest BCUT2D eigenvalue weighted by Gasteiger charge is -2.08. The first-order chi connectivity index (χ1) is 11.3. The third kappa shape index (κ3) is 3.52. The molecule has 0 atom stereocenters. The minimum absolute atomic E-state index is 0.665. The van der Waals surface area contributed by atoms with Gasteiger partial charge in [-0.3, -0.25) is 4.57 Å². The van der Waals surface area contributed by atoms with E-state index in [1.54, 1.807) is 25.2 Å². The molecule has 6 heteroatoms. The average molecular weight is 322 g/mol. The lowest BCUT2D eigenvalue weighted by Crippen LogP contribution is -1.96. The topological polar surface area (TPSA) is 63.7 Å². The third-order valence-electron chi connectivity index (χ3n) is 3.30. The van der Waals surface area contributed by atoms with Crippen LogP contribution >= 0.6 is 11.8 Å². The highest BCUT2D eigenvalue weighted by molar-refractivity contribution is 7.98. The van der Waals surface area contributed by atoms with Crippen LogP contribution in [0, 0.1) is 11.3 Å². The molecule has 0 saturated heterocycles. The molecular formula is C17H14N4OS. The largest absolute Gasteiger partial charge is 0.497 e. The van der Waals surface area contributed by atoms with Gasteiger partial charge in [-0.25, -0.2) is 0 Å². The number of thioether (sulfide) groups is 1. The summed E-state index contributed by atoms with van der Waals surface area (Å²) < 4.78 is 7.18. The zero-order valence-corrected chi connectivity index (χ0v) is 13.3. The Labute approximate surface area is 138 Å². The van der Waals surface area contributed by atoms with Gasteiger partial charge in [-0.05, 0) is 29.8 Å². The fourth-order valence-electron chi connectivity index (χ4n) is 2.08. The van der Waals surface area contributed by atoms with Crippen molar-refractivity contribution < 1.29 is 4.74 Å². The number of ether oxygens (including phenoxy) is 1. The summed E-state index contributed by atoms with van der Waals surface area (Å²) in [5.74, 6) is 1.55. The lowest BCUT2D eigenvalue weighted by molar-refractivity contribution is 0.414. The molecule has 0 radical (unpaired) electrons. The maximum Gasteiger partial charge on any atom is 0.195 e. The molecule has 0 spiro atoms.